The number of carbonyl (C=O) groups excluding carboxylic acids is 1. The summed E-state index contributed by atoms with van der Waals surface area (Å²) in [7, 11) is -2.45. The van der Waals surface area contributed by atoms with Crippen molar-refractivity contribution in [3.05, 3.63) is 30.1 Å². The summed E-state index contributed by atoms with van der Waals surface area (Å²) < 4.78 is 32.7. The number of ether oxygens (including phenoxy) is 1. The van der Waals surface area contributed by atoms with E-state index >= 15 is 0 Å². The van der Waals surface area contributed by atoms with Crippen molar-refractivity contribution in [3.63, 3.8) is 0 Å². The van der Waals surface area contributed by atoms with Crippen LogP contribution in [-0.2, 0) is 10.0 Å². The van der Waals surface area contributed by atoms with E-state index in [-0.39, 0.29) is 28.7 Å². The second kappa shape index (κ2) is 8.83. The Balaban J connectivity index is 2.10. The van der Waals surface area contributed by atoms with E-state index in [4.69, 9.17) is 4.74 Å². The highest BCUT2D eigenvalue weighted by molar-refractivity contribution is 7.99. The minimum absolute atomic E-state index is 0.0802. The highest BCUT2D eigenvalue weighted by atomic mass is 32.2. The van der Waals surface area contributed by atoms with Crippen molar-refractivity contribution in [1.82, 2.24) is 25.2 Å². The van der Waals surface area contributed by atoms with Crippen LogP contribution < -0.4 is 14.8 Å². The van der Waals surface area contributed by atoms with E-state index in [1.54, 1.807) is 6.92 Å². The number of H-pyrrole nitrogens is 1. The van der Waals surface area contributed by atoms with Gasteiger partial charge in [0.25, 0.3) is 5.91 Å². The highest BCUT2D eigenvalue weighted by Crippen LogP contribution is 2.25. The van der Waals surface area contributed by atoms with Gasteiger partial charge in [-0.15, -0.1) is 0 Å². The first-order chi connectivity index (χ1) is 12.0. The Hall–Kier alpha value is -2.11. The summed E-state index contributed by atoms with van der Waals surface area (Å²) in [4.78, 5) is 15.8. The molecule has 25 heavy (non-hydrogen) atoms. The van der Waals surface area contributed by atoms with E-state index in [1.165, 1.54) is 43.4 Å². The van der Waals surface area contributed by atoms with Gasteiger partial charge in [0.05, 0.1) is 7.11 Å². The first-order valence-electron chi connectivity index (χ1n) is 7.42. The molecule has 1 amide bonds. The van der Waals surface area contributed by atoms with Crippen LogP contribution in [0.4, 0.5) is 0 Å². The van der Waals surface area contributed by atoms with E-state index < -0.39 is 10.0 Å². The van der Waals surface area contributed by atoms with Crippen molar-refractivity contribution in [2.24, 2.45) is 0 Å². The van der Waals surface area contributed by atoms with Crippen LogP contribution in [0.3, 0.4) is 0 Å². The molecule has 0 radical (unpaired) electrons. The predicted octanol–water partition coefficient (Wildman–Crippen LogP) is 0.634. The fourth-order valence-electron chi connectivity index (χ4n) is 1.96. The first kappa shape index (κ1) is 19.2. The Morgan fingerprint density at radius 2 is 2.20 bits per heavy atom. The summed E-state index contributed by atoms with van der Waals surface area (Å²) in [6.07, 6.45) is 1.38. The largest absolute Gasteiger partial charge is 0.495 e. The van der Waals surface area contributed by atoms with E-state index in [0.29, 0.717) is 17.5 Å². The summed E-state index contributed by atoms with van der Waals surface area (Å²) in [5.74, 6) is 0.290. The number of sulfonamides is 1. The molecule has 0 aliphatic rings. The molecule has 0 bridgehead atoms. The Morgan fingerprint density at radius 1 is 1.40 bits per heavy atom. The fraction of sp³-hybridized carbons (Fsp3) is 0.357. The number of methoxy groups -OCH3 is 1. The van der Waals surface area contributed by atoms with Crippen LogP contribution in [0.1, 0.15) is 17.3 Å². The number of aromatic amines is 1. The first-order valence-corrected chi connectivity index (χ1v) is 9.89. The van der Waals surface area contributed by atoms with Crippen molar-refractivity contribution < 1.29 is 17.9 Å². The second-order valence-electron chi connectivity index (χ2n) is 4.76. The maximum absolute atomic E-state index is 12.5. The Bertz CT molecular complexity index is 809. The molecule has 11 heteroatoms. The molecule has 0 saturated heterocycles. The summed E-state index contributed by atoms with van der Waals surface area (Å²) in [6.45, 7) is 2.42. The number of hydrogen-bond acceptors (Lipinski definition) is 7. The van der Waals surface area contributed by atoms with Crippen molar-refractivity contribution in [2.45, 2.75) is 17.0 Å². The lowest BCUT2D eigenvalue weighted by Crippen LogP contribution is -2.27. The molecule has 1 heterocycles. The molecule has 3 N–H and O–H groups in total. The lowest BCUT2D eigenvalue weighted by Gasteiger charge is -2.12. The topological polar surface area (TPSA) is 126 Å². The van der Waals surface area contributed by atoms with Crippen LogP contribution in [-0.4, -0.2) is 55.5 Å². The zero-order valence-electron chi connectivity index (χ0n) is 13.8. The number of nitrogens with one attached hydrogen (secondary N) is 3. The maximum atomic E-state index is 12.5. The van der Waals surface area contributed by atoms with Crippen molar-refractivity contribution in [2.75, 3.05) is 26.0 Å². The Morgan fingerprint density at radius 3 is 2.84 bits per heavy atom. The lowest BCUT2D eigenvalue weighted by atomic mass is 10.2. The van der Waals surface area contributed by atoms with Gasteiger partial charge in [0.1, 0.15) is 17.0 Å². The second-order valence-corrected chi connectivity index (χ2v) is 7.58. The molecule has 136 valence electrons. The van der Waals surface area contributed by atoms with Gasteiger partial charge in [0.15, 0.2) is 5.16 Å². The van der Waals surface area contributed by atoms with Crippen LogP contribution in [0.5, 0.6) is 5.75 Å². The van der Waals surface area contributed by atoms with Gasteiger partial charge in [-0.1, -0.05) is 11.8 Å². The molecule has 1 aromatic carbocycles. The number of aromatic nitrogens is 3. The normalized spacial score (nSPS) is 11.3. The average Bonchev–Trinajstić information content (AvgIpc) is 3.12. The van der Waals surface area contributed by atoms with Gasteiger partial charge >= 0.3 is 0 Å². The third-order valence-corrected chi connectivity index (χ3v) is 5.44. The van der Waals surface area contributed by atoms with Crippen LogP contribution in [0.2, 0.25) is 0 Å². The molecule has 0 spiro atoms. The number of hydrogen-bond donors (Lipinski definition) is 3. The molecule has 0 aliphatic heterocycles. The zero-order chi connectivity index (χ0) is 18.3. The predicted molar refractivity (Wildman–Crippen MR) is 93.3 cm³/mol. The maximum Gasteiger partial charge on any atom is 0.251 e. The quantitative estimate of drug-likeness (QED) is 0.427. The van der Waals surface area contributed by atoms with Gasteiger partial charge in [-0.2, -0.15) is 5.10 Å². The molecule has 0 aliphatic carbocycles. The number of carbonyl (C=O) groups is 1. The summed E-state index contributed by atoms with van der Waals surface area (Å²) in [5.41, 5.74) is 0.249. The van der Waals surface area contributed by atoms with Crippen LogP contribution >= 0.6 is 11.8 Å². The van der Waals surface area contributed by atoms with E-state index in [0.717, 1.165) is 0 Å². The molecule has 2 rings (SSSR count). The van der Waals surface area contributed by atoms with E-state index in [2.05, 4.69) is 25.2 Å². The van der Waals surface area contributed by atoms with Crippen molar-refractivity contribution >= 4 is 27.7 Å². The Kier molecular flexibility index (Phi) is 6.79. The van der Waals surface area contributed by atoms with E-state index in [1.807, 2.05) is 0 Å². The summed E-state index contributed by atoms with van der Waals surface area (Å²) in [6, 6.07) is 4.28. The molecular formula is C14H19N5O4S2. The van der Waals surface area contributed by atoms with Crippen LogP contribution in [0.15, 0.2) is 34.6 Å². The summed E-state index contributed by atoms with van der Waals surface area (Å²) >= 11 is 1.34. The van der Waals surface area contributed by atoms with E-state index in [9.17, 15) is 13.2 Å². The van der Waals surface area contributed by atoms with Crippen molar-refractivity contribution in [3.8, 4) is 5.75 Å². The number of amides is 1. The minimum atomic E-state index is -3.83. The number of benzene rings is 1. The van der Waals surface area contributed by atoms with Gasteiger partial charge in [0.2, 0.25) is 10.0 Å². The summed E-state index contributed by atoms with van der Waals surface area (Å²) in [5, 5.41) is 9.63. The number of rotatable bonds is 9. The SMILES string of the molecule is CCNC(=O)c1ccc(OC)c(S(=O)(=O)NCCSc2ncn[nH]2)c1. The molecule has 9 nitrogen and oxygen atoms in total. The van der Waals surface area contributed by atoms with Gasteiger partial charge in [0, 0.05) is 24.4 Å². The smallest absolute Gasteiger partial charge is 0.251 e. The highest BCUT2D eigenvalue weighted by Gasteiger charge is 2.21. The molecule has 0 unspecified atom stereocenters. The number of nitrogens with zero attached hydrogens (tertiary/aromatic N) is 2. The molecule has 0 fully saturated rings. The lowest BCUT2D eigenvalue weighted by molar-refractivity contribution is 0.0955. The third kappa shape index (κ3) is 5.18. The van der Waals surface area contributed by atoms with Crippen LogP contribution in [0, 0.1) is 0 Å². The minimum Gasteiger partial charge on any atom is -0.495 e. The standard InChI is InChI=1S/C14H19N5O4S2/c1-3-15-13(20)10-4-5-11(23-2)12(8-10)25(21,22)18-6-7-24-14-16-9-17-19-14/h4-5,8-9,18H,3,6-7H2,1-2H3,(H,15,20)(H,16,17,19). The third-order valence-electron chi connectivity index (χ3n) is 3.08. The molecule has 2 aromatic rings. The van der Waals surface area contributed by atoms with Gasteiger partial charge < -0.3 is 10.1 Å². The monoisotopic (exact) mass is 385 g/mol. The average molecular weight is 385 g/mol. The van der Waals surface area contributed by atoms with Gasteiger partial charge in [-0.3, -0.25) is 9.89 Å². The molecular weight excluding hydrogens is 366 g/mol. The van der Waals surface area contributed by atoms with Gasteiger partial charge in [-0.05, 0) is 25.1 Å². The van der Waals surface area contributed by atoms with Crippen LogP contribution in [0.25, 0.3) is 0 Å². The van der Waals surface area contributed by atoms with Crippen molar-refractivity contribution in [1.29, 1.82) is 0 Å². The fourth-order valence-corrected chi connectivity index (χ4v) is 3.95. The zero-order valence-corrected chi connectivity index (χ0v) is 15.4. The number of thioether (sulfide) groups is 1. The molecule has 0 saturated carbocycles. The molecule has 0 atom stereocenters. The molecule has 1 aromatic heterocycles. The van der Waals surface area contributed by atoms with Gasteiger partial charge in [-0.25, -0.2) is 18.1 Å². The Labute approximate surface area is 150 Å².